The number of hydrogen-bond acceptors (Lipinski definition) is 6. The van der Waals surface area contributed by atoms with Gasteiger partial charge in [-0.3, -0.25) is 0 Å². The predicted molar refractivity (Wildman–Crippen MR) is 50.5 cm³/mol. The summed E-state index contributed by atoms with van der Waals surface area (Å²) in [5.41, 5.74) is 0. The summed E-state index contributed by atoms with van der Waals surface area (Å²) in [5, 5.41) is 26.7. The van der Waals surface area contributed by atoms with Crippen LogP contribution in [0.4, 0.5) is 0 Å². The number of aliphatic carboxylic acids is 3. The van der Waals surface area contributed by atoms with Crippen molar-refractivity contribution in [2.45, 2.75) is 20.8 Å². The van der Waals surface area contributed by atoms with Gasteiger partial charge in [-0.2, -0.15) is 0 Å². The van der Waals surface area contributed by atoms with Gasteiger partial charge in [0.2, 0.25) is 0 Å². The fourth-order valence-electron chi connectivity index (χ4n) is 0. The average molecular weight is 398 g/mol. The topological polar surface area (TPSA) is 120 Å². The van der Waals surface area contributed by atoms with E-state index in [-0.39, 0.29) is 34.8 Å². The van der Waals surface area contributed by atoms with E-state index in [0.717, 1.165) is 20.8 Å². The first kappa shape index (κ1) is 22.8. The van der Waals surface area contributed by atoms with Crippen molar-refractivity contribution in [2.24, 2.45) is 0 Å². The molecule has 0 saturated carbocycles. The van der Waals surface area contributed by atoms with E-state index in [4.69, 9.17) is 29.7 Å². The van der Waals surface area contributed by atoms with Crippen LogP contribution in [-0.4, -0.2) is 44.1 Å². The van der Waals surface area contributed by atoms with E-state index in [1.165, 1.54) is 0 Å². The number of carbonyl (C=O) groups is 3. The van der Waals surface area contributed by atoms with Crippen molar-refractivity contribution >= 4 is 44.1 Å². The third kappa shape index (κ3) is 1950. The molecule has 13 heavy (non-hydrogen) atoms. The van der Waals surface area contributed by atoms with E-state index in [2.05, 4.69) is 0 Å². The molecule has 0 aromatic carbocycles. The zero-order chi connectivity index (χ0) is 10.7. The standard InChI is InChI=1S/3C2H4O2.Bi.6H2/c3*1-2(3)4;;;;;;;/h3*1H3,(H,3,4);;6*1H/q;;;+3;;;;;;/p-3. The number of carboxylic acids is 3. The van der Waals surface area contributed by atoms with Crippen LogP contribution in [0, 0.1) is 0 Å². The van der Waals surface area contributed by atoms with Gasteiger partial charge in [0.1, 0.15) is 0 Å². The molecule has 0 aliphatic rings. The second-order valence-electron chi connectivity index (χ2n) is 1.47. The smallest absolute Gasteiger partial charge is 0.550 e. The summed E-state index contributed by atoms with van der Waals surface area (Å²) in [6.45, 7) is 2.92. The van der Waals surface area contributed by atoms with Gasteiger partial charge in [0.05, 0.1) is 0 Å². The Balaban J connectivity index is -0.00000000675. The van der Waals surface area contributed by atoms with Crippen LogP contribution < -0.4 is 15.3 Å². The molecule has 0 saturated heterocycles. The maximum Gasteiger partial charge on any atom is 3.00 e. The predicted octanol–water partition coefficient (Wildman–Crippen LogP) is -2.64. The molecule has 86 valence electrons. The van der Waals surface area contributed by atoms with Gasteiger partial charge in [-0.15, -0.1) is 0 Å². The van der Waals surface area contributed by atoms with Crippen LogP contribution >= 0.6 is 0 Å². The average Bonchev–Trinajstić information content (AvgIpc) is 1.54. The molecule has 0 aliphatic carbocycles. The first-order chi connectivity index (χ1) is 5.20. The summed E-state index contributed by atoms with van der Waals surface area (Å²) in [6, 6.07) is 0. The Morgan fingerprint density at radius 3 is 0.769 bits per heavy atom. The SMILES string of the molecule is CC(=O)[O-].CC(=O)[O-].CC(=O)[O-].[Bi+3].[HH].[HH].[HH].[HH].[HH].[HH]. The van der Waals surface area contributed by atoms with Gasteiger partial charge >= 0.3 is 26.2 Å². The maximum atomic E-state index is 8.89. The molecular formula is C6H21BiO6. The van der Waals surface area contributed by atoms with Crippen molar-refractivity contribution in [3.63, 3.8) is 0 Å². The van der Waals surface area contributed by atoms with Crippen molar-refractivity contribution in [1.29, 1.82) is 0 Å². The summed E-state index contributed by atoms with van der Waals surface area (Å²) in [7, 11) is 0. The largest absolute Gasteiger partial charge is 3.00 e. The van der Waals surface area contributed by atoms with Crippen molar-refractivity contribution in [2.75, 3.05) is 0 Å². The summed E-state index contributed by atoms with van der Waals surface area (Å²) in [4.78, 5) is 26.7. The molecule has 0 atom stereocenters. The fourth-order valence-corrected chi connectivity index (χ4v) is 0. The molecule has 2 radical (unpaired) electrons. The van der Waals surface area contributed by atoms with Crippen molar-refractivity contribution in [3.8, 4) is 0 Å². The van der Waals surface area contributed by atoms with Crippen LogP contribution in [0.2, 0.25) is 0 Å². The molecule has 6 nitrogen and oxygen atoms in total. The van der Waals surface area contributed by atoms with Gasteiger partial charge < -0.3 is 29.7 Å². The molecule has 0 aromatic rings. The van der Waals surface area contributed by atoms with Gasteiger partial charge in [-0.05, 0) is 20.8 Å². The number of carbonyl (C=O) groups excluding carboxylic acids is 3. The van der Waals surface area contributed by atoms with Gasteiger partial charge in [0.15, 0.2) is 0 Å². The summed E-state index contributed by atoms with van der Waals surface area (Å²) < 4.78 is 0. The molecule has 0 aromatic heterocycles. The van der Waals surface area contributed by atoms with Crippen LogP contribution in [0.1, 0.15) is 29.3 Å². The molecule has 0 spiro atoms. The Morgan fingerprint density at radius 2 is 0.769 bits per heavy atom. The van der Waals surface area contributed by atoms with Gasteiger partial charge in [0.25, 0.3) is 0 Å². The van der Waals surface area contributed by atoms with Crippen LogP contribution in [-0.2, 0) is 14.4 Å². The minimum Gasteiger partial charge on any atom is -0.550 e. The zero-order valence-electron chi connectivity index (χ0n) is 7.40. The van der Waals surface area contributed by atoms with Crippen molar-refractivity contribution < 1.29 is 38.3 Å². The van der Waals surface area contributed by atoms with Crippen LogP contribution in [0.15, 0.2) is 0 Å². The molecule has 0 fully saturated rings. The van der Waals surface area contributed by atoms with E-state index in [1.54, 1.807) is 0 Å². The minimum absolute atomic E-state index is 0. The fraction of sp³-hybridized carbons (Fsp3) is 0.500. The molecule has 0 heterocycles. The molecule has 0 bridgehead atoms. The molecule has 0 unspecified atom stereocenters. The molecular weight excluding hydrogens is 377 g/mol. The zero-order valence-corrected chi connectivity index (χ0v) is 10.9. The Labute approximate surface area is 104 Å². The molecule has 7 heteroatoms. The summed E-state index contributed by atoms with van der Waals surface area (Å²) in [5.74, 6) is -3.25. The van der Waals surface area contributed by atoms with E-state index in [9.17, 15) is 0 Å². The monoisotopic (exact) mass is 398 g/mol. The number of rotatable bonds is 0. The minimum atomic E-state index is -1.08. The normalized spacial score (nSPS) is 5.77. The first-order valence-electron chi connectivity index (χ1n) is 2.72. The van der Waals surface area contributed by atoms with Crippen LogP contribution in [0.25, 0.3) is 0 Å². The molecule has 0 rings (SSSR count). The Hall–Kier alpha value is -0.707. The third-order valence-corrected chi connectivity index (χ3v) is 0. The Morgan fingerprint density at radius 1 is 0.769 bits per heavy atom. The third-order valence-electron chi connectivity index (χ3n) is 0. The number of hydrogen-bond donors (Lipinski definition) is 0. The summed E-state index contributed by atoms with van der Waals surface area (Å²) >= 11 is 0. The Bertz CT molecular complexity index is 132. The van der Waals surface area contributed by atoms with Crippen LogP contribution in [0.3, 0.4) is 0 Å². The van der Waals surface area contributed by atoms with Gasteiger partial charge in [-0.1, -0.05) is 0 Å². The van der Waals surface area contributed by atoms with Gasteiger partial charge in [0, 0.05) is 26.5 Å². The molecule has 0 N–H and O–H groups in total. The summed E-state index contributed by atoms with van der Waals surface area (Å²) in [6.07, 6.45) is 0. The van der Waals surface area contributed by atoms with E-state index >= 15 is 0 Å². The van der Waals surface area contributed by atoms with Crippen molar-refractivity contribution in [3.05, 3.63) is 0 Å². The van der Waals surface area contributed by atoms with Crippen LogP contribution in [0.5, 0.6) is 0 Å². The van der Waals surface area contributed by atoms with Crippen molar-refractivity contribution in [1.82, 2.24) is 0 Å². The Kier molecular flexibility index (Phi) is 30.5. The van der Waals surface area contributed by atoms with E-state index in [1.807, 2.05) is 0 Å². The van der Waals surface area contributed by atoms with E-state index < -0.39 is 17.9 Å². The maximum absolute atomic E-state index is 8.89. The van der Waals surface area contributed by atoms with Gasteiger partial charge in [-0.25, -0.2) is 0 Å². The number of carboxylic acid groups (broad SMARTS) is 3. The molecule has 0 amide bonds. The second-order valence-corrected chi connectivity index (χ2v) is 1.47. The van der Waals surface area contributed by atoms with E-state index in [0.29, 0.717) is 0 Å². The second kappa shape index (κ2) is 17.4. The quantitative estimate of drug-likeness (QED) is 0.412. The first-order valence-corrected chi connectivity index (χ1v) is 2.72. The molecule has 0 aliphatic heterocycles.